The van der Waals surface area contributed by atoms with E-state index in [-0.39, 0.29) is 22.4 Å². The first-order chi connectivity index (χ1) is 13.3. The van der Waals surface area contributed by atoms with Crippen molar-refractivity contribution in [3.63, 3.8) is 0 Å². The lowest BCUT2D eigenvalue weighted by molar-refractivity contribution is 0.268. The molecule has 0 spiro atoms. The Hall–Kier alpha value is -1.81. The van der Waals surface area contributed by atoms with Gasteiger partial charge in [-0.05, 0) is 68.1 Å². The standard InChI is InChI=1S/C19H25N3O4S2/c1-16-4-2-3-15-22(16)28(25,26)19-7-5-18(6-8-19)27(23,24)21-14-11-17-9-12-20-13-10-17/h5-10,12-13,16,21H,2-4,11,14-15H2,1H3/t16-/m1/s1. The summed E-state index contributed by atoms with van der Waals surface area (Å²) < 4.78 is 54.6. The van der Waals surface area contributed by atoms with Crippen molar-refractivity contribution in [1.29, 1.82) is 0 Å². The topological polar surface area (TPSA) is 96.4 Å². The number of pyridine rings is 1. The molecule has 1 fully saturated rings. The molecule has 0 saturated carbocycles. The number of benzene rings is 1. The van der Waals surface area contributed by atoms with Gasteiger partial charge in [0.1, 0.15) is 0 Å². The molecule has 1 atom stereocenters. The molecule has 3 rings (SSSR count). The zero-order chi connectivity index (χ0) is 20.2. The lowest BCUT2D eigenvalue weighted by atomic mass is 10.1. The zero-order valence-corrected chi connectivity index (χ0v) is 17.4. The number of rotatable bonds is 7. The minimum absolute atomic E-state index is 0.0444. The van der Waals surface area contributed by atoms with Crippen LogP contribution in [0.25, 0.3) is 0 Å². The fourth-order valence-electron chi connectivity index (χ4n) is 3.32. The molecule has 9 heteroatoms. The van der Waals surface area contributed by atoms with Gasteiger partial charge >= 0.3 is 0 Å². The Balaban J connectivity index is 1.68. The van der Waals surface area contributed by atoms with Crippen LogP contribution in [-0.2, 0) is 26.5 Å². The van der Waals surface area contributed by atoms with Crippen LogP contribution in [0, 0.1) is 0 Å². The van der Waals surface area contributed by atoms with Crippen LogP contribution in [0.4, 0.5) is 0 Å². The van der Waals surface area contributed by atoms with Crippen molar-refractivity contribution in [3.05, 3.63) is 54.4 Å². The van der Waals surface area contributed by atoms with Crippen molar-refractivity contribution in [2.75, 3.05) is 13.1 Å². The molecule has 2 heterocycles. The summed E-state index contributed by atoms with van der Waals surface area (Å²) in [5.41, 5.74) is 0.981. The summed E-state index contributed by atoms with van der Waals surface area (Å²) in [6.45, 7) is 2.65. The van der Waals surface area contributed by atoms with E-state index >= 15 is 0 Å². The fraction of sp³-hybridized carbons (Fsp3) is 0.421. The molecule has 0 unspecified atom stereocenters. The molecule has 0 bridgehead atoms. The number of sulfonamides is 2. The Bertz CT molecular complexity index is 991. The first kappa shape index (κ1) is 20.9. The average molecular weight is 424 g/mol. The molecule has 2 aromatic rings. The lowest BCUT2D eigenvalue weighted by Crippen LogP contribution is -2.41. The van der Waals surface area contributed by atoms with Crippen molar-refractivity contribution in [1.82, 2.24) is 14.0 Å². The monoisotopic (exact) mass is 423 g/mol. The van der Waals surface area contributed by atoms with Crippen LogP contribution in [0.2, 0.25) is 0 Å². The SMILES string of the molecule is C[C@@H]1CCCCN1S(=O)(=O)c1ccc(S(=O)(=O)NCCc2ccncc2)cc1. The summed E-state index contributed by atoms with van der Waals surface area (Å²) in [4.78, 5) is 4.10. The molecular weight excluding hydrogens is 398 g/mol. The molecule has 7 nitrogen and oxygen atoms in total. The van der Waals surface area contributed by atoms with Gasteiger partial charge in [-0.1, -0.05) is 6.42 Å². The van der Waals surface area contributed by atoms with E-state index in [1.165, 1.54) is 28.6 Å². The normalized spacial score (nSPS) is 18.8. The van der Waals surface area contributed by atoms with E-state index in [4.69, 9.17) is 0 Å². The van der Waals surface area contributed by atoms with Crippen LogP contribution >= 0.6 is 0 Å². The maximum atomic E-state index is 12.8. The third-order valence-corrected chi connectivity index (χ3v) is 8.44. The van der Waals surface area contributed by atoms with Gasteiger partial charge in [0.15, 0.2) is 0 Å². The second kappa shape index (κ2) is 8.69. The number of piperidine rings is 1. The van der Waals surface area contributed by atoms with Crippen LogP contribution in [0.15, 0.2) is 58.6 Å². The quantitative estimate of drug-likeness (QED) is 0.736. The van der Waals surface area contributed by atoms with Gasteiger partial charge in [-0.25, -0.2) is 21.6 Å². The largest absolute Gasteiger partial charge is 0.265 e. The molecule has 1 aromatic carbocycles. The highest BCUT2D eigenvalue weighted by Crippen LogP contribution is 2.25. The summed E-state index contributed by atoms with van der Waals surface area (Å²) >= 11 is 0. The maximum Gasteiger partial charge on any atom is 0.243 e. The summed E-state index contributed by atoms with van der Waals surface area (Å²) in [7, 11) is -7.32. The number of aromatic nitrogens is 1. The molecule has 1 aromatic heterocycles. The molecule has 1 aliphatic rings. The minimum atomic E-state index is -3.70. The van der Waals surface area contributed by atoms with Crippen molar-refractivity contribution in [2.45, 2.75) is 48.4 Å². The molecule has 152 valence electrons. The Morgan fingerprint density at radius 1 is 1.00 bits per heavy atom. The molecule has 1 N–H and O–H groups in total. The van der Waals surface area contributed by atoms with Gasteiger partial charge < -0.3 is 0 Å². The zero-order valence-electron chi connectivity index (χ0n) is 15.8. The number of nitrogens with zero attached hydrogens (tertiary/aromatic N) is 2. The van der Waals surface area contributed by atoms with Crippen LogP contribution in [-0.4, -0.2) is 45.3 Å². The third kappa shape index (κ3) is 4.78. The molecule has 28 heavy (non-hydrogen) atoms. The Morgan fingerprint density at radius 3 is 2.29 bits per heavy atom. The van der Waals surface area contributed by atoms with Gasteiger partial charge in [0.25, 0.3) is 0 Å². The van der Waals surface area contributed by atoms with Gasteiger partial charge in [-0.2, -0.15) is 4.31 Å². The van der Waals surface area contributed by atoms with Crippen LogP contribution < -0.4 is 4.72 Å². The number of hydrogen-bond acceptors (Lipinski definition) is 5. The smallest absolute Gasteiger partial charge is 0.243 e. The number of nitrogens with one attached hydrogen (secondary N) is 1. The van der Waals surface area contributed by atoms with Crippen LogP contribution in [0.1, 0.15) is 31.7 Å². The van der Waals surface area contributed by atoms with Crippen molar-refractivity contribution >= 4 is 20.0 Å². The predicted molar refractivity (Wildman–Crippen MR) is 107 cm³/mol. The molecule has 1 saturated heterocycles. The molecule has 0 radical (unpaired) electrons. The van der Waals surface area contributed by atoms with Crippen molar-refractivity contribution in [2.24, 2.45) is 0 Å². The third-order valence-electron chi connectivity index (χ3n) is 4.94. The van der Waals surface area contributed by atoms with Gasteiger partial charge in [0.05, 0.1) is 9.79 Å². The first-order valence-electron chi connectivity index (χ1n) is 9.31. The molecule has 0 aliphatic carbocycles. The maximum absolute atomic E-state index is 12.8. The van der Waals surface area contributed by atoms with E-state index < -0.39 is 20.0 Å². The fourth-order valence-corrected chi connectivity index (χ4v) is 6.05. The highest BCUT2D eigenvalue weighted by Gasteiger charge is 2.31. The summed E-state index contributed by atoms with van der Waals surface area (Å²) in [6.07, 6.45) is 6.57. The molecular formula is C19H25N3O4S2. The Labute approximate surface area is 166 Å². The minimum Gasteiger partial charge on any atom is -0.265 e. The van der Waals surface area contributed by atoms with E-state index in [1.807, 2.05) is 19.1 Å². The highest BCUT2D eigenvalue weighted by molar-refractivity contribution is 7.89. The van der Waals surface area contributed by atoms with E-state index in [1.54, 1.807) is 12.4 Å². The second-order valence-electron chi connectivity index (χ2n) is 6.94. The van der Waals surface area contributed by atoms with Gasteiger partial charge in [0.2, 0.25) is 20.0 Å². The van der Waals surface area contributed by atoms with Crippen molar-refractivity contribution in [3.8, 4) is 0 Å². The average Bonchev–Trinajstić information content (AvgIpc) is 2.69. The predicted octanol–water partition coefficient (Wildman–Crippen LogP) is 2.17. The van der Waals surface area contributed by atoms with E-state index in [0.717, 1.165) is 24.8 Å². The van der Waals surface area contributed by atoms with Gasteiger partial charge in [-0.3, -0.25) is 4.98 Å². The summed E-state index contributed by atoms with van der Waals surface area (Å²) in [5.74, 6) is 0. The second-order valence-corrected chi connectivity index (χ2v) is 10.6. The molecule has 1 aliphatic heterocycles. The van der Waals surface area contributed by atoms with Crippen LogP contribution in [0.3, 0.4) is 0 Å². The molecule has 0 amide bonds. The van der Waals surface area contributed by atoms with E-state index in [2.05, 4.69) is 9.71 Å². The lowest BCUT2D eigenvalue weighted by Gasteiger charge is -2.32. The Kier molecular flexibility index (Phi) is 6.49. The highest BCUT2D eigenvalue weighted by atomic mass is 32.2. The van der Waals surface area contributed by atoms with Crippen molar-refractivity contribution < 1.29 is 16.8 Å². The number of hydrogen-bond donors (Lipinski definition) is 1. The van der Waals surface area contributed by atoms with E-state index in [9.17, 15) is 16.8 Å². The summed E-state index contributed by atoms with van der Waals surface area (Å²) in [6, 6.07) is 9.04. The van der Waals surface area contributed by atoms with Gasteiger partial charge in [0, 0.05) is 31.5 Å². The van der Waals surface area contributed by atoms with Gasteiger partial charge in [-0.15, -0.1) is 0 Å². The summed E-state index contributed by atoms with van der Waals surface area (Å²) in [5, 5.41) is 0. The first-order valence-corrected chi connectivity index (χ1v) is 12.2. The van der Waals surface area contributed by atoms with Crippen LogP contribution in [0.5, 0.6) is 0 Å². The van der Waals surface area contributed by atoms with E-state index in [0.29, 0.717) is 13.0 Å². The Morgan fingerprint density at radius 2 is 1.64 bits per heavy atom.